The van der Waals surface area contributed by atoms with Gasteiger partial charge in [-0.25, -0.2) is 0 Å². The van der Waals surface area contributed by atoms with E-state index in [4.69, 9.17) is 5.73 Å². The van der Waals surface area contributed by atoms with Gasteiger partial charge in [0.25, 0.3) is 0 Å². The van der Waals surface area contributed by atoms with Gasteiger partial charge in [0.15, 0.2) is 0 Å². The van der Waals surface area contributed by atoms with E-state index in [1.807, 2.05) is 0 Å². The largest absolute Gasteiger partial charge is 0.349 e. The minimum absolute atomic E-state index is 0.177. The van der Waals surface area contributed by atoms with Crippen molar-refractivity contribution in [3.63, 3.8) is 0 Å². The van der Waals surface area contributed by atoms with Gasteiger partial charge in [0.1, 0.15) is 0 Å². The number of hydrogen-bond donors (Lipinski definition) is 2. The van der Waals surface area contributed by atoms with Crippen molar-refractivity contribution in [1.82, 2.24) is 10.2 Å². The summed E-state index contributed by atoms with van der Waals surface area (Å²) < 4.78 is 0. The number of nitrogens with zero attached hydrogens (tertiary/aromatic N) is 1. The highest BCUT2D eigenvalue weighted by atomic mass is 16.2. The number of hydrogen-bond acceptors (Lipinski definition) is 3. The Kier molecular flexibility index (Phi) is 3.69. The first-order valence-electron chi connectivity index (χ1n) is 4.78. The summed E-state index contributed by atoms with van der Waals surface area (Å²) in [6.07, 6.45) is 2.69. The maximum atomic E-state index is 11.2. The van der Waals surface area contributed by atoms with Gasteiger partial charge in [-0.05, 0) is 12.8 Å². The van der Waals surface area contributed by atoms with Gasteiger partial charge < -0.3 is 16.0 Å². The second-order valence-corrected chi connectivity index (χ2v) is 3.92. The van der Waals surface area contributed by atoms with E-state index in [0.717, 1.165) is 19.4 Å². The molecule has 4 heteroatoms. The zero-order valence-electron chi connectivity index (χ0n) is 8.42. The van der Waals surface area contributed by atoms with Crippen molar-refractivity contribution in [3.8, 4) is 0 Å². The van der Waals surface area contributed by atoms with E-state index in [1.165, 1.54) is 0 Å². The van der Waals surface area contributed by atoms with E-state index in [2.05, 4.69) is 5.32 Å². The third kappa shape index (κ3) is 3.32. The molecule has 1 saturated carbocycles. The molecule has 0 aromatic carbocycles. The molecule has 3 N–H and O–H groups in total. The first-order chi connectivity index (χ1) is 6.09. The van der Waals surface area contributed by atoms with Gasteiger partial charge in [-0.3, -0.25) is 4.79 Å². The number of nitrogens with one attached hydrogen (secondary N) is 1. The molecule has 1 fully saturated rings. The molecule has 1 amide bonds. The number of carbonyl (C=O) groups excluding carboxylic acids is 1. The second kappa shape index (κ2) is 4.58. The molecule has 0 unspecified atom stereocenters. The van der Waals surface area contributed by atoms with Gasteiger partial charge in [0.2, 0.25) is 5.91 Å². The van der Waals surface area contributed by atoms with Crippen LogP contribution in [-0.2, 0) is 4.79 Å². The molecule has 13 heavy (non-hydrogen) atoms. The zero-order valence-corrected chi connectivity index (χ0v) is 8.42. The standard InChI is InChI=1S/C9H19N3O/c1-12(2)9(13)3-4-11-8-5-7(10)6-8/h7-8,11H,3-6,10H2,1-2H3. The molecule has 1 aliphatic rings. The Morgan fingerprint density at radius 3 is 2.62 bits per heavy atom. The van der Waals surface area contributed by atoms with Crippen LogP contribution in [0.4, 0.5) is 0 Å². The van der Waals surface area contributed by atoms with Crippen LogP contribution in [0, 0.1) is 0 Å². The predicted octanol–water partition coefficient (Wildman–Crippen LogP) is -0.456. The summed E-state index contributed by atoms with van der Waals surface area (Å²) in [4.78, 5) is 12.8. The van der Waals surface area contributed by atoms with Crippen LogP contribution in [-0.4, -0.2) is 43.5 Å². The molecule has 0 aliphatic heterocycles. The minimum Gasteiger partial charge on any atom is -0.349 e. The van der Waals surface area contributed by atoms with Crippen molar-refractivity contribution in [2.75, 3.05) is 20.6 Å². The Morgan fingerprint density at radius 2 is 2.15 bits per heavy atom. The van der Waals surface area contributed by atoms with E-state index in [0.29, 0.717) is 18.5 Å². The monoisotopic (exact) mass is 185 g/mol. The van der Waals surface area contributed by atoms with Crippen LogP contribution >= 0.6 is 0 Å². The molecule has 0 radical (unpaired) electrons. The fourth-order valence-electron chi connectivity index (χ4n) is 1.44. The lowest BCUT2D eigenvalue weighted by Crippen LogP contribution is -2.49. The van der Waals surface area contributed by atoms with Crippen LogP contribution in [0.3, 0.4) is 0 Å². The summed E-state index contributed by atoms with van der Waals surface area (Å²) in [6.45, 7) is 0.772. The maximum absolute atomic E-state index is 11.2. The lowest BCUT2D eigenvalue weighted by Gasteiger charge is -2.33. The summed E-state index contributed by atoms with van der Waals surface area (Å²) in [7, 11) is 3.56. The highest BCUT2D eigenvalue weighted by Gasteiger charge is 2.24. The molecule has 1 rings (SSSR count). The number of carbonyl (C=O) groups is 1. The van der Waals surface area contributed by atoms with Crippen molar-refractivity contribution in [2.24, 2.45) is 5.73 Å². The zero-order chi connectivity index (χ0) is 9.84. The summed E-state index contributed by atoms with van der Waals surface area (Å²) in [5.41, 5.74) is 5.63. The topological polar surface area (TPSA) is 58.4 Å². The first-order valence-corrected chi connectivity index (χ1v) is 4.78. The van der Waals surface area contributed by atoms with Crippen LogP contribution in [0.25, 0.3) is 0 Å². The van der Waals surface area contributed by atoms with E-state index in [1.54, 1.807) is 19.0 Å². The molecule has 0 spiro atoms. The quantitative estimate of drug-likeness (QED) is 0.623. The fourth-order valence-corrected chi connectivity index (χ4v) is 1.44. The molecule has 0 heterocycles. The van der Waals surface area contributed by atoms with Gasteiger partial charge in [0, 0.05) is 39.1 Å². The maximum Gasteiger partial charge on any atom is 0.223 e. The average molecular weight is 185 g/mol. The van der Waals surface area contributed by atoms with Crippen molar-refractivity contribution in [2.45, 2.75) is 31.3 Å². The van der Waals surface area contributed by atoms with Gasteiger partial charge in [-0.15, -0.1) is 0 Å². The number of nitrogens with two attached hydrogens (primary N) is 1. The Labute approximate surface area is 79.5 Å². The molecular formula is C9H19N3O. The van der Waals surface area contributed by atoms with Crippen LogP contribution in [0.2, 0.25) is 0 Å². The van der Waals surface area contributed by atoms with Gasteiger partial charge >= 0.3 is 0 Å². The lowest BCUT2D eigenvalue weighted by molar-refractivity contribution is -0.128. The lowest BCUT2D eigenvalue weighted by atomic mass is 9.88. The molecule has 0 aromatic rings. The van der Waals surface area contributed by atoms with Crippen LogP contribution in [0.15, 0.2) is 0 Å². The summed E-state index contributed by atoms with van der Waals surface area (Å²) in [5, 5.41) is 3.31. The van der Waals surface area contributed by atoms with E-state index in [-0.39, 0.29) is 5.91 Å². The Hall–Kier alpha value is -0.610. The molecule has 76 valence electrons. The molecule has 0 atom stereocenters. The normalized spacial score (nSPS) is 26.7. The third-order valence-corrected chi connectivity index (χ3v) is 2.45. The smallest absolute Gasteiger partial charge is 0.223 e. The molecular weight excluding hydrogens is 166 g/mol. The van der Waals surface area contributed by atoms with E-state index < -0.39 is 0 Å². The van der Waals surface area contributed by atoms with Crippen LogP contribution in [0.5, 0.6) is 0 Å². The minimum atomic E-state index is 0.177. The highest BCUT2D eigenvalue weighted by molar-refractivity contribution is 5.75. The van der Waals surface area contributed by atoms with Gasteiger partial charge in [-0.2, -0.15) is 0 Å². The molecule has 0 aromatic heterocycles. The van der Waals surface area contributed by atoms with Crippen molar-refractivity contribution < 1.29 is 4.79 Å². The van der Waals surface area contributed by atoms with Crippen LogP contribution in [0.1, 0.15) is 19.3 Å². The summed E-state index contributed by atoms with van der Waals surface area (Å²) in [5.74, 6) is 0.177. The highest BCUT2D eigenvalue weighted by Crippen LogP contribution is 2.16. The molecule has 1 aliphatic carbocycles. The van der Waals surface area contributed by atoms with Gasteiger partial charge in [-0.1, -0.05) is 0 Å². The van der Waals surface area contributed by atoms with Crippen LogP contribution < -0.4 is 11.1 Å². The predicted molar refractivity (Wildman–Crippen MR) is 52.3 cm³/mol. The van der Waals surface area contributed by atoms with E-state index in [9.17, 15) is 4.79 Å². The molecule has 0 bridgehead atoms. The van der Waals surface area contributed by atoms with Gasteiger partial charge in [0.05, 0.1) is 0 Å². The third-order valence-electron chi connectivity index (χ3n) is 2.45. The van der Waals surface area contributed by atoms with Crippen molar-refractivity contribution in [3.05, 3.63) is 0 Å². The molecule has 0 saturated heterocycles. The number of amides is 1. The Bertz CT molecular complexity index is 176. The Balaban J connectivity index is 1.98. The first kappa shape index (κ1) is 10.5. The van der Waals surface area contributed by atoms with E-state index >= 15 is 0 Å². The summed E-state index contributed by atoms with van der Waals surface area (Å²) >= 11 is 0. The fraction of sp³-hybridized carbons (Fsp3) is 0.889. The second-order valence-electron chi connectivity index (χ2n) is 3.92. The SMILES string of the molecule is CN(C)C(=O)CCNC1CC(N)C1. The number of rotatable bonds is 4. The van der Waals surface area contributed by atoms with Crippen molar-refractivity contribution in [1.29, 1.82) is 0 Å². The summed E-state index contributed by atoms with van der Waals surface area (Å²) in [6, 6.07) is 0.923. The van der Waals surface area contributed by atoms with Crippen molar-refractivity contribution >= 4 is 5.91 Å². The average Bonchev–Trinajstić information content (AvgIpc) is 2.00. The molecule has 4 nitrogen and oxygen atoms in total. The Morgan fingerprint density at radius 1 is 1.54 bits per heavy atom.